The number of carbonyl (C=O) groups is 1. The van der Waals surface area contributed by atoms with E-state index in [-0.39, 0.29) is 5.97 Å². The minimum absolute atomic E-state index is 0.280. The van der Waals surface area contributed by atoms with Crippen molar-refractivity contribution >= 4 is 11.7 Å². The number of nitrogens with one attached hydrogen (secondary N) is 1. The lowest BCUT2D eigenvalue weighted by atomic mass is 10.1. The third kappa shape index (κ3) is 3.73. The standard InChI is InChI=1S/C16H24N2O2/c1-3-4-5-14-12-18(11-10-17-14)15-8-6-13(7-9-15)16(19)20-2/h6-9,14,17H,3-5,10-12H2,1-2H3. The van der Waals surface area contributed by atoms with Gasteiger partial charge in [0.25, 0.3) is 0 Å². The van der Waals surface area contributed by atoms with E-state index < -0.39 is 0 Å². The molecule has 0 bridgehead atoms. The van der Waals surface area contributed by atoms with E-state index in [0.717, 1.165) is 19.6 Å². The Hall–Kier alpha value is -1.55. The number of anilines is 1. The van der Waals surface area contributed by atoms with Crippen molar-refractivity contribution in [1.82, 2.24) is 5.32 Å². The lowest BCUT2D eigenvalue weighted by molar-refractivity contribution is 0.0601. The van der Waals surface area contributed by atoms with Crippen molar-refractivity contribution in [3.8, 4) is 0 Å². The molecule has 1 N–H and O–H groups in total. The average Bonchev–Trinajstić information content (AvgIpc) is 2.52. The summed E-state index contributed by atoms with van der Waals surface area (Å²) in [7, 11) is 1.41. The highest BCUT2D eigenvalue weighted by atomic mass is 16.5. The molecule has 20 heavy (non-hydrogen) atoms. The molecule has 1 aliphatic heterocycles. The summed E-state index contributed by atoms with van der Waals surface area (Å²) >= 11 is 0. The molecular weight excluding hydrogens is 252 g/mol. The highest BCUT2D eigenvalue weighted by molar-refractivity contribution is 5.89. The Morgan fingerprint density at radius 2 is 2.15 bits per heavy atom. The zero-order chi connectivity index (χ0) is 14.4. The number of hydrogen-bond acceptors (Lipinski definition) is 4. The van der Waals surface area contributed by atoms with Gasteiger partial charge < -0.3 is 15.0 Å². The van der Waals surface area contributed by atoms with E-state index in [4.69, 9.17) is 4.74 Å². The lowest BCUT2D eigenvalue weighted by Gasteiger charge is -2.35. The Morgan fingerprint density at radius 1 is 1.40 bits per heavy atom. The first-order chi connectivity index (χ1) is 9.74. The predicted molar refractivity (Wildman–Crippen MR) is 81.3 cm³/mol. The Kier molecular flexibility index (Phi) is 5.41. The maximum Gasteiger partial charge on any atom is 0.337 e. The van der Waals surface area contributed by atoms with Gasteiger partial charge in [0.05, 0.1) is 12.7 Å². The summed E-state index contributed by atoms with van der Waals surface area (Å²) in [6, 6.07) is 8.27. The topological polar surface area (TPSA) is 41.6 Å². The van der Waals surface area contributed by atoms with Crippen LogP contribution in [0.1, 0.15) is 36.5 Å². The molecule has 1 aromatic rings. The molecule has 4 nitrogen and oxygen atoms in total. The number of nitrogens with zero attached hydrogens (tertiary/aromatic N) is 1. The molecule has 1 aromatic carbocycles. The first-order valence-corrected chi connectivity index (χ1v) is 7.41. The van der Waals surface area contributed by atoms with Gasteiger partial charge >= 0.3 is 5.97 Å². The minimum Gasteiger partial charge on any atom is -0.465 e. The second-order valence-corrected chi connectivity index (χ2v) is 5.28. The fourth-order valence-corrected chi connectivity index (χ4v) is 2.63. The molecule has 0 spiro atoms. The number of piperazine rings is 1. The first-order valence-electron chi connectivity index (χ1n) is 7.41. The quantitative estimate of drug-likeness (QED) is 0.839. The summed E-state index contributed by atoms with van der Waals surface area (Å²) in [5, 5.41) is 3.58. The molecule has 1 saturated heterocycles. The van der Waals surface area contributed by atoms with Crippen LogP contribution in [0.2, 0.25) is 0 Å². The van der Waals surface area contributed by atoms with E-state index in [1.165, 1.54) is 32.1 Å². The van der Waals surface area contributed by atoms with Crippen molar-refractivity contribution in [3.05, 3.63) is 29.8 Å². The van der Waals surface area contributed by atoms with Crippen LogP contribution in [-0.2, 0) is 4.74 Å². The van der Waals surface area contributed by atoms with Gasteiger partial charge in [-0.2, -0.15) is 0 Å². The molecule has 1 atom stereocenters. The van der Waals surface area contributed by atoms with Crippen LogP contribution in [0.15, 0.2) is 24.3 Å². The van der Waals surface area contributed by atoms with Crippen molar-refractivity contribution in [1.29, 1.82) is 0 Å². The molecule has 1 aliphatic rings. The second-order valence-electron chi connectivity index (χ2n) is 5.28. The van der Waals surface area contributed by atoms with Crippen molar-refractivity contribution in [3.63, 3.8) is 0 Å². The van der Waals surface area contributed by atoms with Gasteiger partial charge in [0.1, 0.15) is 0 Å². The fraction of sp³-hybridized carbons (Fsp3) is 0.562. The van der Waals surface area contributed by atoms with Crippen LogP contribution in [0, 0.1) is 0 Å². The van der Waals surface area contributed by atoms with Gasteiger partial charge in [-0.25, -0.2) is 4.79 Å². The van der Waals surface area contributed by atoms with Gasteiger partial charge in [0, 0.05) is 31.4 Å². The van der Waals surface area contributed by atoms with Gasteiger partial charge in [0.2, 0.25) is 0 Å². The van der Waals surface area contributed by atoms with Gasteiger partial charge in [-0.3, -0.25) is 0 Å². The van der Waals surface area contributed by atoms with E-state index in [1.54, 1.807) is 0 Å². The summed E-state index contributed by atoms with van der Waals surface area (Å²) in [6.45, 7) is 5.30. The number of hydrogen-bond donors (Lipinski definition) is 1. The molecule has 1 unspecified atom stereocenters. The van der Waals surface area contributed by atoms with Crippen LogP contribution in [-0.4, -0.2) is 38.8 Å². The van der Waals surface area contributed by atoms with Crippen LogP contribution in [0.4, 0.5) is 5.69 Å². The van der Waals surface area contributed by atoms with Gasteiger partial charge in [-0.05, 0) is 30.7 Å². The summed E-state index contributed by atoms with van der Waals surface area (Å²) in [5.41, 5.74) is 1.79. The SMILES string of the molecule is CCCCC1CN(c2ccc(C(=O)OC)cc2)CCN1. The molecule has 4 heteroatoms. The number of esters is 1. The number of benzene rings is 1. The molecule has 0 aromatic heterocycles. The molecule has 0 radical (unpaired) electrons. The summed E-state index contributed by atoms with van der Waals surface area (Å²) in [6.07, 6.45) is 3.74. The molecule has 2 rings (SSSR count). The number of methoxy groups -OCH3 is 1. The highest BCUT2D eigenvalue weighted by Crippen LogP contribution is 2.18. The highest BCUT2D eigenvalue weighted by Gasteiger charge is 2.19. The summed E-state index contributed by atoms with van der Waals surface area (Å²) < 4.78 is 4.72. The van der Waals surface area contributed by atoms with E-state index in [9.17, 15) is 4.79 Å². The molecule has 1 fully saturated rings. The average molecular weight is 276 g/mol. The monoisotopic (exact) mass is 276 g/mol. The zero-order valence-corrected chi connectivity index (χ0v) is 12.4. The minimum atomic E-state index is -0.280. The van der Waals surface area contributed by atoms with E-state index in [1.807, 2.05) is 24.3 Å². The maximum absolute atomic E-state index is 11.4. The first kappa shape index (κ1) is 14.9. The zero-order valence-electron chi connectivity index (χ0n) is 12.4. The molecular formula is C16H24N2O2. The van der Waals surface area contributed by atoms with Crippen molar-refractivity contribution in [2.45, 2.75) is 32.2 Å². The van der Waals surface area contributed by atoms with Gasteiger partial charge in [0.15, 0.2) is 0 Å². The molecule has 0 saturated carbocycles. The second kappa shape index (κ2) is 7.29. The Labute approximate surface area is 121 Å². The normalized spacial score (nSPS) is 18.9. The van der Waals surface area contributed by atoms with Crippen LogP contribution < -0.4 is 10.2 Å². The van der Waals surface area contributed by atoms with E-state index >= 15 is 0 Å². The number of rotatable bonds is 5. The van der Waals surface area contributed by atoms with E-state index in [2.05, 4.69) is 17.1 Å². The van der Waals surface area contributed by atoms with Crippen LogP contribution >= 0.6 is 0 Å². The summed E-state index contributed by atoms with van der Waals surface area (Å²) in [5.74, 6) is -0.280. The predicted octanol–water partition coefficient (Wildman–Crippen LogP) is 2.44. The fourth-order valence-electron chi connectivity index (χ4n) is 2.63. The smallest absolute Gasteiger partial charge is 0.337 e. The van der Waals surface area contributed by atoms with Crippen LogP contribution in [0.5, 0.6) is 0 Å². The molecule has 1 heterocycles. The number of ether oxygens (including phenoxy) is 1. The lowest BCUT2D eigenvalue weighted by Crippen LogP contribution is -2.50. The third-order valence-electron chi connectivity index (χ3n) is 3.82. The Balaban J connectivity index is 1.98. The van der Waals surface area contributed by atoms with Gasteiger partial charge in [-0.1, -0.05) is 19.8 Å². The number of unbranched alkanes of at least 4 members (excludes halogenated alkanes) is 1. The third-order valence-corrected chi connectivity index (χ3v) is 3.82. The Bertz CT molecular complexity index is 431. The van der Waals surface area contributed by atoms with Crippen LogP contribution in [0.3, 0.4) is 0 Å². The maximum atomic E-state index is 11.4. The molecule has 110 valence electrons. The van der Waals surface area contributed by atoms with Crippen molar-refractivity contribution in [2.75, 3.05) is 31.6 Å². The van der Waals surface area contributed by atoms with Crippen LogP contribution in [0.25, 0.3) is 0 Å². The van der Waals surface area contributed by atoms with Crippen molar-refractivity contribution < 1.29 is 9.53 Å². The van der Waals surface area contributed by atoms with E-state index in [0.29, 0.717) is 11.6 Å². The van der Waals surface area contributed by atoms with Gasteiger partial charge in [-0.15, -0.1) is 0 Å². The van der Waals surface area contributed by atoms with Crippen molar-refractivity contribution in [2.24, 2.45) is 0 Å². The summed E-state index contributed by atoms with van der Waals surface area (Å²) in [4.78, 5) is 13.8. The Morgan fingerprint density at radius 3 is 2.80 bits per heavy atom. The number of carbonyl (C=O) groups excluding carboxylic acids is 1. The molecule has 0 aliphatic carbocycles. The largest absolute Gasteiger partial charge is 0.465 e. The molecule has 0 amide bonds.